The zero-order valence-corrected chi connectivity index (χ0v) is 12.7. The van der Waals surface area contributed by atoms with Crippen LogP contribution in [0.5, 0.6) is 0 Å². The largest absolute Gasteiger partial charge is 0.481 e. The lowest BCUT2D eigenvalue weighted by molar-refractivity contribution is -0.141. The molecule has 0 saturated heterocycles. The van der Waals surface area contributed by atoms with Crippen LogP contribution in [0.4, 0.5) is 0 Å². The second kappa shape index (κ2) is 9.34. The fourth-order valence-electron chi connectivity index (χ4n) is 1.51. The molecule has 0 radical (unpaired) electrons. The molecule has 116 valence electrons. The Bertz CT molecular complexity index is 344. The van der Waals surface area contributed by atoms with E-state index in [1.165, 1.54) is 0 Å². The average molecular weight is 286 g/mol. The van der Waals surface area contributed by atoms with Crippen molar-refractivity contribution >= 4 is 17.8 Å². The molecule has 6 nitrogen and oxygen atoms in total. The van der Waals surface area contributed by atoms with E-state index in [0.717, 1.165) is 6.42 Å². The molecule has 2 amide bonds. The van der Waals surface area contributed by atoms with Gasteiger partial charge in [-0.15, -0.1) is 0 Å². The van der Waals surface area contributed by atoms with Gasteiger partial charge in [0.05, 0.1) is 12.6 Å². The average Bonchev–Trinajstić information content (AvgIpc) is 2.42. The van der Waals surface area contributed by atoms with E-state index in [1.807, 2.05) is 13.8 Å². The predicted octanol–water partition coefficient (Wildman–Crippen LogP) is 1.36. The minimum atomic E-state index is -0.849. The van der Waals surface area contributed by atoms with Gasteiger partial charge in [-0.25, -0.2) is 0 Å². The molecule has 0 heterocycles. The third kappa shape index (κ3) is 7.11. The molecule has 3 atom stereocenters. The van der Waals surface area contributed by atoms with Crippen LogP contribution in [0.2, 0.25) is 0 Å². The van der Waals surface area contributed by atoms with Crippen molar-refractivity contribution in [3.05, 3.63) is 0 Å². The van der Waals surface area contributed by atoms with Gasteiger partial charge in [0.2, 0.25) is 11.8 Å². The maximum Gasteiger partial charge on any atom is 0.306 e. The van der Waals surface area contributed by atoms with Crippen LogP contribution >= 0.6 is 0 Å². The first-order valence-electron chi connectivity index (χ1n) is 7.07. The van der Waals surface area contributed by atoms with E-state index in [2.05, 4.69) is 10.6 Å². The molecule has 0 aliphatic heterocycles. The summed E-state index contributed by atoms with van der Waals surface area (Å²) in [6.07, 6.45) is 1.73. The first-order chi connectivity index (χ1) is 9.29. The summed E-state index contributed by atoms with van der Waals surface area (Å²) in [6, 6.07) is 0. The van der Waals surface area contributed by atoms with Crippen LogP contribution in [-0.2, 0) is 14.4 Å². The molecule has 0 aromatic carbocycles. The van der Waals surface area contributed by atoms with Crippen LogP contribution in [0.15, 0.2) is 0 Å². The highest BCUT2D eigenvalue weighted by Gasteiger charge is 2.17. The minimum absolute atomic E-state index is 0.0688. The highest BCUT2D eigenvalue weighted by atomic mass is 16.4. The number of carboxylic acids is 1. The van der Waals surface area contributed by atoms with Crippen molar-refractivity contribution in [1.29, 1.82) is 0 Å². The van der Waals surface area contributed by atoms with E-state index in [1.54, 1.807) is 13.8 Å². The molecule has 20 heavy (non-hydrogen) atoms. The Morgan fingerprint density at radius 2 is 1.35 bits per heavy atom. The van der Waals surface area contributed by atoms with Gasteiger partial charge in [0.25, 0.3) is 0 Å². The standard InChI is InChI=1S/C14H26N2O4/c1-5-9(2)12(17)15-8-16-13(18)10(3)6-7-11(4)14(19)20/h9-11H,5-8H2,1-4H3,(H,15,17)(H,16,18)(H,19,20). The zero-order valence-electron chi connectivity index (χ0n) is 12.7. The Morgan fingerprint density at radius 3 is 1.80 bits per heavy atom. The number of nitrogens with one attached hydrogen (secondary N) is 2. The molecule has 0 saturated carbocycles. The highest BCUT2D eigenvalue weighted by Crippen LogP contribution is 2.12. The van der Waals surface area contributed by atoms with Crippen molar-refractivity contribution in [1.82, 2.24) is 10.6 Å². The summed E-state index contributed by atoms with van der Waals surface area (Å²) in [4.78, 5) is 33.9. The van der Waals surface area contributed by atoms with E-state index >= 15 is 0 Å². The maximum atomic E-state index is 11.7. The van der Waals surface area contributed by atoms with Crippen molar-refractivity contribution in [3.63, 3.8) is 0 Å². The smallest absolute Gasteiger partial charge is 0.306 e. The van der Waals surface area contributed by atoms with Crippen LogP contribution in [0, 0.1) is 17.8 Å². The first kappa shape index (κ1) is 18.4. The molecular formula is C14H26N2O4. The topological polar surface area (TPSA) is 95.5 Å². The number of carbonyl (C=O) groups excluding carboxylic acids is 2. The van der Waals surface area contributed by atoms with Gasteiger partial charge in [0, 0.05) is 11.8 Å². The van der Waals surface area contributed by atoms with Crippen molar-refractivity contribution in [3.8, 4) is 0 Å². The Morgan fingerprint density at radius 1 is 0.900 bits per heavy atom. The van der Waals surface area contributed by atoms with Gasteiger partial charge < -0.3 is 15.7 Å². The van der Waals surface area contributed by atoms with E-state index in [4.69, 9.17) is 5.11 Å². The third-order valence-corrected chi connectivity index (χ3v) is 3.49. The van der Waals surface area contributed by atoms with Gasteiger partial charge in [-0.2, -0.15) is 0 Å². The Labute approximate surface area is 120 Å². The van der Waals surface area contributed by atoms with Crippen molar-refractivity contribution in [2.75, 3.05) is 6.67 Å². The summed E-state index contributed by atoms with van der Waals surface area (Å²) < 4.78 is 0. The summed E-state index contributed by atoms with van der Waals surface area (Å²) in [7, 11) is 0. The number of amides is 2. The number of carbonyl (C=O) groups is 3. The molecular weight excluding hydrogens is 260 g/mol. The van der Waals surface area contributed by atoms with Crippen LogP contribution in [0.1, 0.15) is 47.0 Å². The Balaban J connectivity index is 3.91. The summed E-state index contributed by atoms with van der Waals surface area (Å²) in [5.74, 6) is -1.89. The zero-order chi connectivity index (χ0) is 15.7. The van der Waals surface area contributed by atoms with E-state index < -0.39 is 11.9 Å². The molecule has 0 aliphatic carbocycles. The number of carboxylic acid groups (broad SMARTS) is 1. The molecule has 0 aromatic rings. The van der Waals surface area contributed by atoms with E-state index in [-0.39, 0.29) is 30.3 Å². The van der Waals surface area contributed by atoms with Crippen molar-refractivity contribution in [2.45, 2.75) is 47.0 Å². The summed E-state index contributed by atoms with van der Waals surface area (Å²) in [5.41, 5.74) is 0. The summed E-state index contributed by atoms with van der Waals surface area (Å²) in [6.45, 7) is 7.24. The fourth-order valence-corrected chi connectivity index (χ4v) is 1.51. The molecule has 0 fully saturated rings. The Hall–Kier alpha value is -1.59. The lowest BCUT2D eigenvalue weighted by Gasteiger charge is -2.15. The number of hydrogen-bond donors (Lipinski definition) is 3. The van der Waals surface area contributed by atoms with Gasteiger partial charge in [-0.05, 0) is 19.3 Å². The number of aliphatic carboxylic acids is 1. The molecule has 0 spiro atoms. The van der Waals surface area contributed by atoms with E-state index in [9.17, 15) is 14.4 Å². The van der Waals surface area contributed by atoms with Gasteiger partial charge in [0.1, 0.15) is 0 Å². The summed E-state index contributed by atoms with van der Waals surface area (Å²) >= 11 is 0. The monoisotopic (exact) mass is 286 g/mol. The SMILES string of the molecule is CCC(C)C(=O)NCNC(=O)C(C)CCC(C)C(=O)O. The number of rotatable bonds is 9. The highest BCUT2D eigenvalue weighted by molar-refractivity contribution is 5.80. The van der Waals surface area contributed by atoms with Crippen molar-refractivity contribution in [2.24, 2.45) is 17.8 Å². The number of hydrogen-bond acceptors (Lipinski definition) is 3. The van der Waals surface area contributed by atoms with Gasteiger partial charge in [-0.3, -0.25) is 14.4 Å². The van der Waals surface area contributed by atoms with Gasteiger partial charge >= 0.3 is 5.97 Å². The van der Waals surface area contributed by atoms with Crippen LogP contribution in [0.25, 0.3) is 0 Å². The van der Waals surface area contributed by atoms with Crippen LogP contribution in [-0.4, -0.2) is 29.6 Å². The van der Waals surface area contributed by atoms with E-state index in [0.29, 0.717) is 12.8 Å². The molecule has 0 aromatic heterocycles. The van der Waals surface area contributed by atoms with Crippen molar-refractivity contribution < 1.29 is 19.5 Å². The first-order valence-corrected chi connectivity index (χ1v) is 7.07. The quantitative estimate of drug-likeness (QED) is 0.558. The minimum Gasteiger partial charge on any atom is -0.481 e. The van der Waals surface area contributed by atoms with Gasteiger partial charge in [-0.1, -0.05) is 27.7 Å². The second-order valence-electron chi connectivity index (χ2n) is 5.29. The second-order valence-corrected chi connectivity index (χ2v) is 5.29. The molecule has 0 bridgehead atoms. The fraction of sp³-hybridized carbons (Fsp3) is 0.786. The molecule has 3 unspecified atom stereocenters. The molecule has 3 N–H and O–H groups in total. The Kier molecular flexibility index (Phi) is 8.59. The predicted molar refractivity (Wildman–Crippen MR) is 75.8 cm³/mol. The summed E-state index contributed by atoms with van der Waals surface area (Å²) in [5, 5.41) is 14.0. The molecule has 6 heteroatoms. The normalized spacial score (nSPS) is 15.0. The third-order valence-electron chi connectivity index (χ3n) is 3.49. The molecule has 0 rings (SSSR count). The maximum absolute atomic E-state index is 11.7. The van der Waals surface area contributed by atoms with Gasteiger partial charge in [0.15, 0.2) is 0 Å². The lowest BCUT2D eigenvalue weighted by atomic mass is 9.98. The molecule has 0 aliphatic rings. The lowest BCUT2D eigenvalue weighted by Crippen LogP contribution is -2.41. The van der Waals surface area contributed by atoms with Crippen LogP contribution in [0.3, 0.4) is 0 Å². The van der Waals surface area contributed by atoms with Crippen LogP contribution < -0.4 is 10.6 Å².